The average molecular weight is 299 g/mol. The van der Waals surface area contributed by atoms with Gasteiger partial charge in [0, 0.05) is 0 Å². The second-order valence-corrected chi connectivity index (χ2v) is 4.27. The number of hydrogen-bond donors (Lipinski definition) is 1. The molecule has 1 unspecified atom stereocenters. The molecule has 1 N–H and O–H groups in total. The van der Waals surface area contributed by atoms with Crippen LogP contribution in [-0.4, -0.2) is 33.3 Å². The Balaban J connectivity index is 5.38. The third-order valence-corrected chi connectivity index (χ3v) is 2.40. The molecule has 0 aromatic rings. The van der Waals surface area contributed by atoms with E-state index in [2.05, 4.69) is 34.8 Å². The van der Waals surface area contributed by atoms with E-state index in [1.165, 1.54) is 0 Å². The average Bonchev–Trinajstić information content (AvgIpc) is 2.01. The summed E-state index contributed by atoms with van der Waals surface area (Å²) >= 11 is 12.5. The van der Waals surface area contributed by atoms with Gasteiger partial charge in [-0.05, 0) is 0 Å². The molecule has 0 aliphatic heterocycles. The zero-order valence-corrected chi connectivity index (χ0v) is 8.82. The Bertz CT molecular complexity index is 237. The largest absolute Gasteiger partial charge is 0.390 e. The van der Waals surface area contributed by atoms with E-state index in [4.69, 9.17) is 5.11 Å². The number of hydrogen-bond acceptors (Lipinski definition) is 1. The van der Waals surface area contributed by atoms with Crippen molar-refractivity contribution in [3.05, 3.63) is 0 Å². The van der Waals surface area contributed by atoms with E-state index in [0.29, 0.717) is 0 Å². The Morgan fingerprint density at radius 1 is 0.867 bits per heavy atom. The molecule has 0 amide bonds. The van der Waals surface area contributed by atoms with Gasteiger partial charge in [-0.3, -0.25) is 0 Å². The molecule has 0 aliphatic carbocycles. The van der Waals surface area contributed by atoms with E-state index < -0.39 is 28.2 Å². The number of rotatable bonds is 4. The first-order valence-electron chi connectivity index (χ1n) is 3.12. The van der Waals surface area contributed by atoms with Gasteiger partial charge in [-0.25, -0.2) is 8.78 Å². The second kappa shape index (κ2) is 4.01. The minimum atomic E-state index is -5.63. The maximum absolute atomic E-state index is 12.8. The molecule has 0 bridgehead atoms. The van der Waals surface area contributed by atoms with E-state index >= 15 is 0 Å². The van der Waals surface area contributed by atoms with Crippen LogP contribution in [0.15, 0.2) is 0 Å². The molecule has 0 aromatic heterocycles. The summed E-state index contributed by atoms with van der Waals surface area (Å²) in [7, 11) is 0. The normalized spacial score (nSPS) is 18.8. The highest BCUT2D eigenvalue weighted by Gasteiger charge is 2.77. The molecule has 10 heteroatoms. The third kappa shape index (κ3) is 2.40. The first-order valence-corrected chi connectivity index (χ1v) is 4.25. The lowest BCUT2D eigenvalue weighted by Crippen LogP contribution is -2.60. The van der Waals surface area contributed by atoms with Crippen LogP contribution in [-0.2, 0) is 0 Å². The molecular weight excluding hydrogens is 296 g/mol. The van der Waals surface area contributed by atoms with Crippen LogP contribution in [0.2, 0.25) is 0 Å². The lowest BCUT2D eigenvalue weighted by molar-refractivity contribution is -0.235. The predicted molar refractivity (Wildman–Crippen MR) is 42.2 cm³/mol. The van der Waals surface area contributed by atoms with Crippen molar-refractivity contribution in [2.45, 2.75) is 21.6 Å². The molecule has 0 radical (unpaired) electrons. The summed E-state index contributed by atoms with van der Waals surface area (Å²) in [5.74, 6) is -10.8. The Hall–Kier alpha value is 0.410. The minimum absolute atomic E-state index is 2.37. The number of aliphatic hydroxyl groups is 1. The van der Waals surface area contributed by atoms with Crippen molar-refractivity contribution in [2.75, 3.05) is 6.61 Å². The van der Waals surface area contributed by atoms with E-state index in [9.17, 15) is 26.3 Å². The molecule has 0 aliphatic rings. The Labute approximate surface area is 94.9 Å². The van der Waals surface area contributed by atoms with Crippen molar-refractivity contribution in [2.24, 2.45) is 0 Å². The van der Waals surface area contributed by atoms with Gasteiger partial charge in [0.05, 0.1) is 0 Å². The molecule has 15 heavy (non-hydrogen) atoms. The molecule has 0 aromatic carbocycles. The highest BCUT2D eigenvalue weighted by Crippen LogP contribution is 2.55. The first kappa shape index (κ1) is 15.4. The summed E-state index contributed by atoms with van der Waals surface area (Å²) < 4.78 is 70.7. The van der Waals surface area contributed by atoms with E-state index in [0.717, 1.165) is 0 Å². The number of halogens is 9. The highest BCUT2D eigenvalue weighted by molar-refractivity contribution is 6.48. The summed E-state index contributed by atoms with van der Waals surface area (Å²) in [6.07, 6.45) is 0. The molecular formula is C5H3Cl3F6O. The van der Waals surface area contributed by atoms with Gasteiger partial charge in [-0.2, -0.15) is 17.6 Å². The molecule has 0 rings (SSSR count). The summed E-state index contributed by atoms with van der Waals surface area (Å²) in [4.78, 5) is 0. The Morgan fingerprint density at radius 3 is 1.40 bits per heavy atom. The molecule has 0 heterocycles. The van der Waals surface area contributed by atoms with Crippen molar-refractivity contribution in [3.63, 3.8) is 0 Å². The highest BCUT2D eigenvalue weighted by atomic mass is 35.5. The molecule has 92 valence electrons. The maximum Gasteiger partial charge on any atom is 0.362 e. The van der Waals surface area contributed by atoms with Gasteiger partial charge in [0.2, 0.25) is 0 Å². The molecule has 0 fully saturated rings. The van der Waals surface area contributed by atoms with Crippen molar-refractivity contribution < 1.29 is 31.4 Å². The lowest BCUT2D eigenvalue weighted by Gasteiger charge is -2.35. The predicted octanol–water partition coefficient (Wildman–Crippen LogP) is 3.25. The van der Waals surface area contributed by atoms with E-state index in [1.807, 2.05) is 0 Å². The summed E-state index contributed by atoms with van der Waals surface area (Å²) in [6, 6.07) is 0. The van der Waals surface area contributed by atoms with Crippen molar-refractivity contribution >= 4 is 34.8 Å². The third-order valence-electron chi connectivity index (χ3n) is 1.41. The number of aliphatic hydroxyl groups excluding tert-OH is 1. The fraction of sp³-hybridized carbons (Fsp3) is 1.00. The van der Waals surface area contributed by atoms with Crippen LogP contribution >= 0.6 is 34.8 Å². The molecule has 1 nitrogen and oxygen atoms in total. The molecule has 1 atom stereocenters. The zero-order valence-electron chi connectivity index (χ0n) is 6.56. The SMILES string of the molecule is OCC(F)(F)C(F)(Cl)C(F)(F)C(F)(Cl)Cl. The fourth-order valence-electron chi connectivity index (χ4n) is 0.507. The van der Waals surface area contributed by atoms with Gasteiger partial charge in [-0.15, -0.1) is 0 Å². The van der Waals surface area contributed by atoms with Crippen LogP contribution in [0.3, 0.4) is 0 Å². The van der Waals surface area contributed by atoms with E-state index in [1.54, 1.807) is 0 Å². The van der Waals surface area contributed by atoms with Crippen LogP contribution < -0.4 is 0 Å². The number of alkyl halides is 9. The van der Waals surface area contributed by atoms with Crippen LogP contribution in [0.1, 0.15) is 0 Å². The zero-order chi connectivity index (χ0) is 12.7. The van der Waals surface area contributed by atoms with Crippen molar-refractivity contribution in [3.8, 4) is 0 Å². The van der Waals surface area contributed by atoms with Crippen molar-refractivity contribution in [1.82, 2.24) is 0 Å². The molecule has 0 spiro atoms. The van der Waals surface area contributed by atoms with Gasteiger partial charge in [0.15, 0.2) is 0 Å². The topological polar surface area (TPSA) is 20.2 Å². The smallest absolute Gasteiger partial charge is 0.362 e. The van der Waals surface area contributed by atoms with Crippen LogP contribution in [0.4, 0.5) is 26.3 Å². The monoisotopic (exact) mass is 298 g/mol. The standard InChI is InChI=1S/C5H3Cl3F6O/c6-3(11,2(9,10)1-15)4(12,13)5(7,8)14/h15H,1H2. The van der Waals surface area contributed by atoms with Crippen LogP contribution in [0.5, 0.6) is 0 Å². The fourth-order valence-corrected chi connectivity index (χ4v) is 1.05. The Kier molecular flexibility index (Phi) is 4.12. The Morgan fingerprint density at radius 2 is 1.20 bits per heavy atom. The summed E-state index contributed by atoms with van der Waals surface area (Å²) in [5.41, 5.74) is 0. The van der Waals surface area contributed by atoms with Crippen LogP contribution in [0.25, 0.3) is 0 Å². The molecule has 0 saturated carbocycles. The lowest BCUT2D eigenvalue weighted by atomic mass is 10.1. The summed E-state index contributed by atoms with van der Waals surface area (Å²) in [6.45, 7) is -2.37. The molecule has 0 saturated heterocycles. The first-order chi connectivity index (χ1) is 6.31. The summed E-state index contributed by atoms with van der Waals surface area (Å²) in [5, 5.41) is 2.69. The van der Waals surface area contributed by atoms with Gasteiger partial charge >= 0.3 is 21.6 Å². The van der Waals surface area contributed by atoms with E-state index in [-0.39, 0.29) is 0 Å². The maximum atomic E-state index is 12.8. The quantitative estimate of drug-likeness (QED) is 0.624. The van der Waals surface area contributed by atoms with Gasteiger partial charge in [0.25, 0.3) is 0 Å². The van der Waals surface area contributed by atoms with Crippen molar-refractivity contribution in [1.29, 1.82) is 0 Å². The van der Waals surface area contributed by atoms with Gasteiger partial charge < -0.3 is 5.11 Å². The minimum Gasteiger partial charge on any atom is -0.390 e. The van der Waals surface area contributed by atoms with Gasteiger partial charge in [0.1, 0.15) is 6.61 Å². The van der Waals surface area contributed by atoms with Gasteiger partial charge in [-0.1, -0.05) is 34.8 Å². The second-order valence-electron chi connectivity index (χ2n) is 2.51. The van der Waals surface area contributed by atoms with Crippen LogP contribution in [0, 0.1) is 0 Å².